The molecule has 0 aliphatic rings. The molecule has 0 unspecified atom stereocenters. The van der Waals surface area contributed by atoms with E-state index in [4.69, 9.17) is 4.42 Å². The van der Waals surface area contributed by atoms with Crippen LogP contribution in [0.4, 0.5) is 0 Å². The van der Waals surface area contributed by atoms with E-state index in [0.717, 1.165) is 10.3 Å². The minimum atomic E-state index is 0.619. The van der Waals surface area contributed by atoms with Gasteiger partial charge in [0.05, 0.1) is 11.8 Å². The first-order valence-electron chi connectivity index (χ1n) is 4.01. The Balaban J connectivity index is 2.59. The summed E-state index contributed by atoms with van der Waals surface area (Å²) in [7, 11) is 0. The summed E-state index contributed by atoms with van der Waals surface area (Å²) >= 11 is 0. The van der Waals surface area contributed by atoms with E-state index in [0.29, 0.717) is 11.4 Å². The molecule has 0 bridgehead atoms. The molecule has 0 aromatic carbocycles. The topological polar surface area (TPSA) is 40.1 Å². The highest BCUT2D eigenvalue weighted by Crippen LogP contribution is 2.15. The Morgan fingerprint density at radius 3 is 2.85 bits per heavy atom. The number of hydrogen-bond acceptors (Lipinski definition) is 2. The number of rotatable bonds is 1. The van der Waals surface area contributed by atoms with Crippen LogP contribution in [0.5, 0.6) is 0 Å². The molecular weight excluding hydrogens is 166 g/mol. The molecule has 0 atom stereocenters. The first-order valence-corrected chi connectivity index (χ1v) is 4.01. The third-order valence-electron chi connectivity index (χ3n) is 1.95. The molecule has 0 N–H and O–H groups in total. The average molecular weight is 175 g/mol. The summed E-state index contributed by atoms with van der Waals surface area (Å²) in [5, 5.41) is 11.5. The molecule has 0 saturated carbocycles. The molecule has 0 amide bonds. The lowest BCUT2D eigenvalue weighted by Gasteiger charge is -2.03. The summed E-state index contributed by atoms with van der Waals surface area (Å²) in [6.45, 7) is 1.77. The molecule has 2 aromatic heterocycles. The van der Waals surface area contributed by atoms with Crippen LogP contribution in [0.25, 0.3) is 11.3 Å². The summed E-state index contributed by atoms with van der Waals surface area (Å²) in [4.78, 5) is 0. The van der Waals surface area contributed by atoms with Gasteiger partial charge in [-0.05, 0) is 12.1 Å². The Morgan fingerprint density at radius 2 is 2.15 bits per heavy atom. The highest BCUT2D eigenvalue weighted by atomic mass is 16.5. The van der Waals surface area contributed by atoms with Crippen molar-refractivity contribution in [3.8, 4) is 11.3 Å². The summed E-state index contributed by atoms with van der Waals surface area (Å²) in [5.74, 6) is 0. The van der Waals surface area contributed by atoms with Crippen LogP contribution in [0.2, 0.25) is 0 Å². The van der Waals surface area contributed by atoms with Gasteiger partial charge in [0.2, 0.25) is 5.69 Å². The summed E-state index contributed by atoms with van der Waals surface area (Å²) in [6.07, 6.45) is 3.11. The quantitative estimate of drug-likeness (QED) is 0.490. The molecule has 3 heteroatoms. The molecule has 66 valence electrons. The van der Waals surface area contributed by atoms with Crippen molar-refractivity contribution in [2.75, 3.05) is 0 Å². The van der Waals surface area contributed by atoms with E-state index < -0.39 is 0 Å². The van der Waals surface area contributed by atoms with Crippen LogP contribution in [0.3, 0.4) is 0 Å². The largest absolute Gasteiger partial charge is 0.618 e. The fourth-order valence-electron chi connectivity index (χ4n) is 1.23. The summed E-state index contributed by atoms with van der Waals surface area (Å²) in [5.41, 5.74) is 2.10. The van der Waals surface area contributed by atoms with Gasteiger partial charge < -0.3 is 9.62 Å². The maximum absolute atomic E-state index is 11.5. The van der Waals surface area contributed by atoms with Crippen molar-refractivity contribution in [2.45, 2.75) is 6.92 Å². The lowest BCUT2D eigenvalue weighted by molar-refractivity contribution is -0.600. The maximum atomic E-state index is 11.5. The number of hydrogen-bond donors (Lipinski definition) is 0. The Hall–Kier alpha value is -1.77. The van der Waals surface area contributed by atoms with Crippen LogP contribution in [0, 0.1) is 12.1 Å². The monoisotopic (exact) mass is 175 g/mol. The van der Waals surface area contributed by atoms with E-state index in [1.165, 1.54) is 0 Å². The predicted molar refractivity (Wildman–Crippen MR) is 47.8 cm³/mol. The fraction of sp³-hybridized carbons (Fsp3) is 0.100. The summed E-state index contributed by atoms with van der Waals surface area (Å²) < 4.78 is 5.81. The van der Waals surface area contributed by atoms with Crippen LogP contribution >= 0.6 is 0 Å². The van der Waals surface area contributed by atoms with Gasteiger partial charge in [-0.2, -0.15) is 4.73 Å². The number of nitrogens with zero attached hydrogens (tertiary/aromatic N) is 1. The van der Waals surface area contributed by atoms with E-state index in [9.17, 15) is 5.21 Å². The fourth-order valence-corrected chi connectivity index (χ4v) is 1.23. The van der Waals surface area contributed by atoms with Crippen molar-refractivity contribution in [2.24, 2.45) is 0 Å². The van der Waals surface area contributed by atoms with Crippen LogP contribution in [0.15, 0.2) is 41.2 Å². The predicted octanol–water partition coefficient (Wildman–Crippen LogP) is 1.89. The highest BCUT2D eigenvalue weighted by molar-refractivity contribution is 5.53. The average Bonchev–Trinajstić information content (AvgIpc) is 2.62. The molecule has 0 radical (unpaired) electrons. The minimum absolute atomic E-state index is 0.619. The number of aryl methyl sites for hydroxylation is 1. The van der Waals surface area contributed by atoms with Crippen molar-refractivity contribution in [1.29, 1.82) is 0 Å². The van der Waals surface area contributed by atoms with Crippen molar-refractivity contribution >= 4 is 0 Å². The van der Waals surface area contributed by atoms with Crippen molar-refractivity contribution < 1.29 is 9.15 Å². The first-order chi connectivity index (χ1) is 6.29. The molecule has 3 nitrogen and oxygen atoms in total. The van der Waals surface area contributed by atoms with Gasteiger partial charge in [0.15, 0.2) is 5.69 Å². The zero-order valence-corrected chi connectivity index (χ0v) is 7.23. The molecule has 2 heterocycles. The lowest BCUT2D eigenvalue weighted by atomic mass is 10.2. The molecular formula is C10H9NO2. The van der Waals surface area contributed by atoms with Crippen molar-refractivity contribution in [1.82, 2.24) is 0 Å². The maximum Gasteiger partial charge on any atom is 0.227 e. The minimum Gasteiger partial charge on any atom is -0.618 e. The van der Waals surface area contributed by atoms with Gasteiger partial charge in [0.25, 0.3) is 0 Å². The highest BCUT2D eigenvalue weighted by Gasteiger charge is 2.10. The third-order valence-corrected chi connectivity index (χ3v) is 1.95. The van der Waals surface area contributed by atoms with E-state index in [1.54, 1.807) is 37.6 Å². The van der Waals surface area contributed by atoms with Crippen LogP contribution < -0.4 is 4.73 Å². The number of furan rings is 1. The van der Waals surface area contributed by atoms with Gasteiger partial charge in [-0.1, -0.05) is 0 Å². The van der Waals surface area contributed by atoms with Gasteiger partial charge in [-0.3, -0.25) is 0 Å². The molecule has 2 aromatic rings. The second-order valence-electron chi connectivity index (χ2n) is 2.86. The molecule has 0 aliphatic heterocycles. The molecule has 13 heavy (non-hydrogen) atoms. The van der Waals surface area contributed by atoms with Gasteiger partial charge >= 0.3 is 0 Å². The van der Waals surface area contributed by atoms with E-state index >= 15 is 0 Å². The molecule has 0 saturated heterocycles. The molecule has 0 spiro atoms. The van der Waals surface area contributed by atoms with Crippen molar-refractivity contribution in [3.05, 3.63) is 47.7 Å². The van der Waals surface area contributed by atoms with Gasteiger partial charge in [-0.15, -0.1) is 0 Å². The molecule has 0 fully saturated rings. The third kappa shape index (κ3) is 1.28. The van der Waals surface area contributed by atoms with E-state index in [-0.39, 0.29) is 0 Å². The zero-order valence-electron chi connectivity index (χ0n) is 7.23. The summed E-state index contributed by atoms with van der Waals surface area (Å²) in [6, 6.07) is 7.16. The smallest absolute Gasteiger partial charge is 0.227 e. The van der Waals surface area contributed by atoms with Gasteiger partial charge in [-0.25, -0.2) is 0 Å². The lowest BCUT2D eigenvalue weighted by Crippen LogP contribution is -2.32. The van der Waals surface area contributed by atoms with Gasteiger partial charge in [0.1, 0.15) is 6.26 Å². The van der Waals surface area contributed by atoms with Gasteiger partial charge in [0, 0.05) is 19.1 Å². The zero-order chi connectivity index (χ0) is 9.26. The van der Waals surface area contributed by atoms with E-state index in [1.807, 2.05) is 6.07 Å². The number of aromatic nitrogens is 1. The standard InChI is InChI=1S/C10H9NO2/c1-8-3-2-4-10(11(8)12)9-5-6-13-7-9/h2-7H,1H3. The van der Waals surface area contributed by atoms with Crippen molar-refractivity contribution in [3.63, 3.8) is 0 Å². The normalized spacial score (nSPS) is 10.2. The molecule has 2 rings (SSSR count). The SMILES string of the molecule is Cc1cccc(-c2ccoc2)[n+]1[O-]. The second kappa shape index (κ2) is 2.94. The molecule has 0 aliphatic carbocycles. The number of pyridine rings is 1. The Labute approximate surface area is 75.8 Å². The van der Waals surface area contributed by atoms with Crippen LogP contribution in [-0.4, -0.2) is 0 Å². The Morgan fingerprint density at radius 1 is 1.31 bits per heavy atom. The Kier molecular flexibility index (Phi) is 1.77. The van der Waals surface area contributed by atoms with E-state index in [2.05, 4.69) is 0 Å². The second-order valence-corrected chi connectivity index (χ2v) is 2.86. The van der Waals surface area contributed by atoms with Crippen LogP contribution in [-0.2, 0) is 0 Å². The van der Waals surface area contributed by atoms with Crippen LogP contribution in [0.1, 0.15) is 5.69 Å². The first kappa shape index (κ1) is 7.86. The Bertz CT molecular complexity index is 407.